The number of non-ortho nitro benzene ring substituents is 1. The molecule has 3 rings (SSSR count). The zero-order chi connectivity index (χ0) is 27.0. The van der Waals surface area contributed by atoms with Crippen molar-refractivity contribution in [3.05, 3.63) is 64.2 Å². The summed E-state index contributed by atoms with van der Waals surface area (Å²) in [4.78, 5) is 50.5. The third-order valence-electron chi connectivity index (χ3n) is 5.53. The number of amides is 3. The summed E-state index contributed by atoms with van der Waals surface area (Å²) < 4.78 is 32.0. The van der Waals surface area contributed by atoms with Crippen LogP contribution in [0.4, 0.5) is 16.2 Å². The number of anilines is 1. The molecule has 13 nitrogen and oxygen atoms in total. The van der Waals surface area contributed by atoms with E-state index in [1.165, 1.54) is 4.90 Å². The fourth-order valence-electron chi connectivity index (χ4n) is 3.60. The standard InChI is InChI=1S/C23H27N5O8S/c1-2-36-23(31)27-15-13-26(14-16-27)22(30)19-5-3-4-6-20(19)25-21(29)11-12-24-37(34,35)18-9-7-17(8-10-18)28(32)33/h3-10,24H,2,11-16H2,1H3,(H,25,29). The van der Waals surface area contributed by atoms with Gasteiger partial charge in [-0.25, -0.2) is 17.9 Å². The Morgan fingerprint density at radius 2 is 1.62 bits per heavy atom. The number of carbonyl (C=O) groups is 3. The monoisotopic (exact) mass is 533 g/mol. The molecule has 3 amide bonds. The molecule has 0 unspecified atom stereocenters. The second kappa shape index (κ2) is 12.3. The molecule has 1 aliphatic rings. The van der Waals surface area contributed by atoms with Gasteiger partial charge in [0.2, 0.25) is 15.9 Å². The first-order valence-corrected chi connectivity index (χ1v) is 12.9. The second-order valence-corrected chi connectivity index (χ2v) is 9.74. The van der Waals surface area contributed by atoms with Crippen LogP contribution in [0.15, 0.2) is 53.4 Å². The van der Waals surface area contributed by atoms with Crippen LogP contribution in [0.5, 0.6) is 0 Å². The number of nitro benzene ring substituents is 1. The number of rotatable bonds is 9. The summed E-state index contributed by atoms with van der Waals surface area (Å²) in [6.45, 7) is 3.04. The van der Waals surface area contributed by atoms with Crippen molar-refractivity contribution in [1.82, 2.24) is 14.5 Å². The molecule has 2 aromatic rings. The van der Waals surface area contributed by atoms with Crippen LogP contribution in [-0.4, -0.2) is 80.4 Å². The molecule has 0 atom stereocenters. The van der Waals surface area contributed by atoms with Gasteiger partial charge in [-0.15, -0.1) is 0 Å². The molecule has 0 aliphatic carbocycles. The lowest BCUT2D eigenvalue weighted by Crippen LogP contribution is -2.50. The summed E-state index contributed by atoms with van der Waals surface area (Å²) in [7, 11) is -3.97. The smallest absolute Gasteiger partial charge is 0.409 e. The minimum absolute atomic E-state index is 0.169. The number of nitrogens with one attached hydrogen (secondary N) is 2. The molecule has 1 saturated heterocycles. The van der Waals surface area contributed by atoms with E-state index in [2.05, 4.69) is 10.0 Å². The van der Waals surface area contributed by atoms with Crippen molar-refractivity contribution in [3.63, 3.8) is 0 Å². The van der Waals surface area contributed by atoms with Crippen molar-refractivity contribution in [3.8, 4) is 0 Å². The van der Waals surface area contributed by atoms with Crippen LogP contribution in [0.25, 0.3) is 0 Å². The number of hydrogen-bond acceptors (Lipinski definition) is 8. The first-order chi connectivity index (χ1) is 17.6. The van der Waals surface area contributed by atoms with Gasteiger partial charge in [0.05, 0.1) is 27.7 Å². The van der Waals surface area contributed by atoms with E-state index < -0.39 is 26.9 Å². The van der Waals surface area contributed by atoms with Gasteiger partial charge in [0, 0.05) is 51.3 Å². The van der Waals surface area contributed by atoms with Crippen LogP contribution in [-0.2, 0) is 19.6 Å². The Morgan fingerprint density at radius 3 is 2.24 bits per heavy atom. The Morgan fingerprint density at radius 1 is 1.00 bits per heavy atom. The molecular weight excluding hydrogens is 506 g/mol. The van der Waals surface area contributed by atoms with Crippen molar-refractivity contribution >= 4 is 39.3 Å². The van der Waals surface area contributed by atoms with Gasteiger partial charge in [-0.05, 0) is 31.2 Å². The number of nitrogens with zero attached hydrogens (tertiary/aromatic N) is 3. The fraction of sp³-hybridized carbons (Fsp3) is 0.348. The number of piperazine rings is 1. The summed E-state index contributed by atoms with van der Waals surface area (Å²) in [6, 6.07) is 10.8. The number of para-hydroxylation sites is 1. The van der Waals surface area contributed by atoms with Gasteiger partial charge in [-0.1, -0.05) is 12.1 Å². The van der Waals surface area contributed by atoms with Gasteiger partial charge in [-0.2, -0.15) is 0 Å². The molecule has 0 radical (unpaired) electrons. The number of hydrogen-bond donors (Lipinski definition) is 2. The molecule has 1 aliphatic heterocycles. The first kappa shape index (κ1) is 27.5. The van der Waals surface area contributed by atoms with Gasteiger partial charge in [0.25, 0.3) is 11.6 Å². The van der Waals surface area contributed by atoms with Crippen molar-refractivity contribution < 1.29 is 32.5 Å². The van der Waals surface area contributed by atoms with Crippen molar-refractivity contribution in [1.29, 1.82) is 0 Å². The largest absolute Gasteiger partial charge is 0.450 e. The summed E-state index contributed by atoms with van der Waals surface area (Å²) in [5.41, 5.74) is 0.308. The Kier molecular flexibility index (Phi) is 9.14. The van der Waals surface area contributed by atoms with Crippen LogP contribution < -0.4 is 10.0 Å². The highest BCUT2D eigenvalue weighted by molar-refractivity contribution is 7.89. The Bertz CT molecular complexity index is 1260. The summed E-state index contributed by atoms with van der Waals surface area (Å²) in [6.07, 6.45) is -0.640. The number of sulfonamides is 1. The maximum atomic E-state index is 13.1. The van der Waals surface area contributed by atoms with Gasteiger partial charge in [0.15, 0.2) is 0 Å². The summed E-state index contributed by atoms with van der Waals surface area (Å²) >= 11 is 0. The van der Waals surface area contributed by atoms with Gasteiger partial charge >= 0.3 is 6.09 Å². The number of benzene rings is 2. The molecular formula is C23H27N5O8S. The highest BCUT2D eigenvalue weighted by Gasteiger charge is 2.27. The van der Waals surface area contributed by atoms with E-state index >= 15 is 0 Å². The molecule has 0 aromatic heterocycles. The van der Waals surface area contributed by atoms with E-state index in [-0.39, 0.29) is 47.3 Å². The van der Waals surface area contributed by atoms with E-state index in [1.54, 1.807) is 36.1 Å². The average molecular weight is 534 g/mol. The lowest BCUT2D eigenvalue weighted by atomic mass is 10.1. The Hall–Kier alpha value is -4.04. The van der Waals surface area contributed by atoms with Crippen LogP contribution in [0.2, 0.25) is 0 Å². The molecule has 37 heavy (non-hydrogen) atoms. The van der Waals surface area contributed by atoms with Crippen LogP contribution in [0.3, 0.4) is 0 Å². The Labute approximate surface area is 213 Å². The molecule has 0 spiro atoms. The van der Waals surface area contributed by atoms with Crippen LogP contribution in [0.1, 0.15) is 23.7 Å². The molecule has 2 aromatic carbocycles. The maximum absolute atomic E-state index is 13.1. The summed E-state index contributed by atoms with van der Waals surface area (Å²) in [5.74, 6) is -0.822. The minimum Gasteiger partial charge on any atom is -0.450 e. The SMILES string of the molecule is CCOC(=O)N1CCN(C(=O)c2ccccc2NC(=O)CCNS(=O)(=O)c2ccc([N+](=O)[O-])cc2)CC1. The van der Waals surface area contributed by atoms with E-state index in [0.29, 0.717) is 26.2 Å². The van der Waals surface area contributed by atoms with E-state index in [4.69, 9.17) is 4.74 Å². The molecule has 1 fully saturated rings. The first-order valence-electron chi connectivity index (χ1n) is 11.5. The number of ether oxygens (including phenoxy) is 1. The lowest BCUT2D eigenvalue weighted by Gasteiger charge is -2.34. The van der Waals surface area contributed by atoms with Crippen molar-refractivity contribution in [2.45, 2.75) is 18.2 Å². The highest BCUT2D eigenvalue weighted by Crippen LogP contribution is 2.19. The third kappa shape index (κ3) is 7.24. The Balaban J connectivity index is 1.55. The van der Waals surface area contributed by atoms with E-state index in [0.717, 1.165) is 24.3 Å². The van der Waals surface area contributed by atoms with Gasteiger partial charge in [-0.3, -0.25) is 19.7 Å². The maximum Gasteiger partial charge on any atom is 0.409 e. The molecule has 2 N–H and O–H groups in total. The predicted octanol–water partition coefficient (Wildman–Crippen LogP) is 1.82. The zero-order valence-electron chi connectivity index (χ0n) is 20.1. The molecule has 1 heterocycles. The topological polar surface area (TPSA) is 168 Å². The normalized spacial score (nSPS) is 13.6. The summed E-state index contributed by atoms with van der Waals surface area (Å²) in [5, 5.41) is 13.4. The molecule has 0 saturated carbocycles. The van der Waals surface area contributed by atoms with Crippen molar-refractivity contribution in [2.24, 2.45) is 0 Å². The number of nitro groups is 1. The van der Waals surface area contributed by atoms with Gasteiger partial charge < -0.3 is 19.9 Å². The lowest BCUT2D eigenvalue weighted by molar-refractivity contribution is -0.384. The zero-order valence-corrected chi connectivity index (χ0v) is 20.9. The van der Waals surface area contributed by atoms with E-state index in [9.17, 15) is 32.9 Å². The van der Waals surface area contributed by atoms with Gasteiger partial charge in [0.1, 0.15) is 0 Å². The molecule has 0 bridgehead atoms. The fourth-order valence-corrected chi connectivity index (χ4v) is 4.63. The third-order valence-corrected chi connectivity index (χ3v) is 7.00. The molecule has 14 heteroatoms. The van der Waals surface area contributed by atoms with Crippen LogP contribution in [0, 0.1) is 10.1 Å². The second-order valence-electron chi connectivity index (χ2n) is 7.97. The molecule has 198 valence electrons. The highest BCUT2D eigenvalue weighted by atomic mass is 32.2. The predicted molar refractivity (Wildman–Crippen MR) is 132 cm³/mol. The minimum atomic E-state index is -3.97. The average Bonchev–Trinajstić information content (AvgIpc) is 2.89. The van der Waals surface area contributed by atoms with Crippen LogP contribution >= 0.6 is 0 Å². The van der Waals surface area contributed by atoms with Crippen molar-refractivity contribution in [2.75, 3.05) is 44.6 Å². The van der Waals surface area contributed by atoms with E-state index in [1.807, 2.05) is 0 Å². The number of carbonyl (C=O) groups excluding carboxylic acids is 3. The quantitative estimate of drug-likeness (QED) is 0.363.